The van der Waals surface area contributed by atoms with Gasteiger partial charge in [0, 0.05) is 5.33 Å². The van der Waals surface area contributed by atoms with Crippen molar-refractivity contribution in [1.82, 2.24) is 0 Å². The molecule has 0 aliphatic heterocycles. The van der Waals surface area contributed by atoms with Crippen LogP contribution in [0.1, 0.15) is 13.3 Å². The van der Waals surface area contributed by atoms with Gasteiger partial charge >= 0.3 is 0 Å². The van der Waals surface area contributed by atoms with Crippen LogP contribution in [0.2, 0.25) is 0 Å². The van der Waals surface area contributed by atoms with E-state index in [0.29, 0.717) is 0 Å². The summed E-state index contributed by atoms with van der Waals surface area (Å²) in [6.45, 7) is 2.11. The number of hydrogen-bond acceptors (Lipinski definition) is 0. The lowest BCUT2D eigenvalue weighted by atomic mass is 10.4. The molecule has 0 N–H and O–H groups in total. The highest BCUT2D eigenvalue weighted by Gasteiger charge is 1.80. The minimum atomic E-state index is 0.946. The number of hydrogen-bond donors (Lipinski definition) is 0. The largest absolute Gasteiger partial charge is 0.0883 e. The van der Waals surface area contributed by atoms with E-state index in [-0.39, 0.29) is 0 Å². The summed E-state index contributed by atoms with van der Waals surface area (Å²) in [7, 11) is 0. The van der Waals surface area contributed by atoms with Gasteiger partial charge in [-0.05, 0) is 10.9 Å². The molecule has 0 aromatic heterocycles. The third kappa shape index (κ3) is 4.56. The maximum Gasteiger partial charge on any atom is 0.0222 e. The van der Waals surface area contributed by atoms with E-state index in [1.807, 2.05) is 0 Å². The predicted molar refractivity (Wildman–Crippen MR) is 41.1 cm³/mol. The average molecular weight is 228 g/mol. The fraction of sp³-hybridized carbons (Fsp3) is 0.600. The van der Waals surface area contributed by atoms with E-state index in [2.05, 4.69) is 44.9 Å². The van der Waals surface area contributed by atoms with Crippen LogP contribution in [-0.2, 0) is 0 Å². The molecule has 0 nitrogen and oxygen atoms in total. The molecular weight excluding hydrogens is 220 g/mol. The molecule has 0 atom stereocenters. The highest BCUT2D eigenvalue weighted by atomic mass is 79.9. The van der Waals surface area contributed by atoms with Gasteiger partial charge in [0.15, 0.2) is 0 Å². The van der Waals surface area contributed by atoms with Crippen molar-refractivity contribution in [3.63, 3.8) is 0 Å². The molecule has 0 aromatic rings. The first-order valence-electron chi connectivity index (χ1n) is 2.21. The van der Waals surface area contributed by atoms with Crippen LogP contribution < -0.4 is 0 Å². The van der Waals surface area contributed by atoms with Crippen molar-refractivity contribution in [2.75, 3.05) is 5.33 Å². The second kappa shape index (κ2) is 4.85. The van der Waals surface area contributed by atoms with E-state index in [1.165, 1.54) is 4.48 Å². The van der Waals surface area contributed by atoms with Crippen molar-refractivity contribution in [3.05, 3.63) is 10.6 Å². The molecule has 0 radical (unpaired) electrons. The van der Waals surface area contributed by atoms with Crippen LogP contribution in [0.5, 0.6) is 0 Å². The SMILES string of the molecule is CC/C(Br)=C\CBr. The minimum Gasteiger partial charge on any atom is -0.0883 e. The summed E-state index contributed by atoms with van der Waals surface area (Å²) in [5, 5.41) is 0.946. The first kappa shape index (κ1) is 7.70. The molecule has 0 fully saturated rings. The molecule has 0 amide bonds. The van der Waals surface area contributed by atoms with Gasteiger partial charge in [-0.1, -0.05) is 44.9 Å². The second-order valence-electron chi connectivity index (χ2n) is 1.16. The minimum absolute atomic E-state index is 0.946. The van der Waals surface area contributed by atoms with Gasteiger partial charge in [-0.2, -0.15) is 0 Å². The van der Waals surface area contributed by atoms with Gasteiger partial charge < -0.3 is 0 Å². The van der Waals surface area contributed by atoms with Crippen LogP contribution in [0.15, 0.2) is 10.6 Å². The Hall–Kier alpha value is 0.700. The maximum atomic E-state index is 3.37. The van der Waals surface area contributed by atoms with Gasteiger partial charge in [0.2, 0.25) is 0 Å². The summed E-state index contributed by atoms with van der Waals surface area (Å²) >= 11 is 6.65. The Morgan fingerprint density at radius 3 is 2.43 bits per heavy atom. The van der Waals surface area contributed by atoms with E-state index < -0.39 is 0 Å². The van der Waals surface area contributed by atoms with E-state index >= 15 is 0 Å². The molecule has 7 heavy (non-hydrogen) atoms. The first-order chi connectivity index (χ1) is 3.31. The first-order valence-corrected chi connectivity index (χ1v) is 4.13. The Labute approximate surface area is 61.2 Å². The van der Waals surface area contributed by atoms with Gasteiger partial charge in [-0.3, -0.25) is 0 Å². The molecule has 0 unspecified atom stereocenters. The van der Waals surface area contributed by atoms with Crippen molar-refractivity contribution >= 4 is 31.9 Å². The summed E-state index contributed by atoms with van der Waals surface area (Å²) in [4.78, 5) is 0. The summed E-state index contributed by atoms with van der Waals surface area (Å²) in [6.07, 6.45) is 3.19. The molecular formula is C5H8Br2. The molecule has 0 bridgehead atoms. The Bertz CT molecular complexity index is 66.5. The van der Waals surface area contributed by atoms with Crippen molar-refractivity contribution in [2.24, 2.45) is 0 Å². The van der Waals surface area contributed by atoms with E-state index in [0.717, 1.165) is 11.8 Å². The Morgan fingerprint density at radius 1 is 1.71 bits per heavy atom. The molecule has 2 heteroatoms. The summed E-state index contributed by atoms with van der Waals surface area (Å²) in [5.41, 5.74) is 0. The summed E-state index contributed by atoms with van der Waals surface area (Å²) in [5.74, 6) is 0. The lowest BCUT2D eigenvalue weighted by Gasteiger charge is -1.85. The van der Waals surface area contributed by atoms with Crippen LogP contribution in [-0.4, -0.2) is 5.33 Å². The van der Waals surface area contributed by atoms with Crippen molar-refractivity contribution < 1.29 is 0 Å². The molecule has 0 aliphatic carbocycles. The third-order valence-corrected chi connectivity index (χ3v) is 1.84. The zero-order valence-corrected chi connectivity index (χ0v) is 7.42. The van der Waals surface area contributed by atoms with Gasteiger partial charge in [-0.25, -0.2) is 0 Å². The predicted octanol–water partition coefficient (Wildman–Crippen LogP) is 3.07. The maximum absolute atomic E-state index is 3.37. The quantitative estimate of drug-likeness (QED) is 0.637. The number of rotatable bonds is 2. The lowest BCUT2D eigenvalue weighted by Crippen LogP contribution is -1.65. The highest BCUT2D eigenvalue weighted by molar-refractivity contribution is 9.11. The van der Waals surface area contributed by atoms with E-state index in [9.17, 15) is 0 Å². The average Bonchev–Trinajstić information content (AvgIpc) is 1.68. The zero-order chi connectivity index (χ0) is 5.70. The van der Waals surface area contributed by atoms with Crippen LogP contribution in [0.3, 0.4) is 0 Å². The van der Waals surface area contributed by atoms with Gasteiger partial charge in [0.05, 0.1) is 0 Å². The fourth-order valence-corrected chi connectivity index (χ4v) is 1.22. The second-order valence-corrected chi connectivity index (χ2v) is 2.82. The standard InChI is InChI=1S/C5H8Br2/c1-2-5(7)3-4-6/h3H,2,4H2,1H3/b5-3+. The normalized spacial score (nSPS) is 12.1. The Balaban J connectivity index is 3.29. The van der Waals surface area contributed by atoms with Crippen molar-refractivity contribution in [2.45, 2.75) is 13.3 Å². The third-order valence-electron chi connectivity index (χ3n) is 0.636. The Morgan fingerprint density at radius 2 is 2.29 bits per heavy atom. The number of allylic oxidation sites excluding steroid dienone is 2. The van der Waals surface area contributed by atoms with Gasteiger partial charge in [0.25, 0.3) is 0 Å². The zero-order valence-electron chi connectivity index (χ0n) is 4.25. The Kier molecular flexibility index (Phi) is 5.33. The highest BCUT2D eigenvalue weighted by Crippen LogP contribution is 2.08. The van der Waals surface area contributed by atoms with E-state index in [4.69, 9.17) is 0 Å². The molecule has 0 heterocycles. The van der Waals surface area contributed by atoms with E-state index in [1.54, 1.807) is 0 Å². The number of halogens is 2. The van der Waals surface area contributed by atoms with Crippen LogP contribution in [0, 0.1) is 0 Å². The molecule has 42 valence electrons. The topological polar surface area (TPSA) is 0 Å². The monoisotopic (exact) mass is 226 g/mol. The molecule has 0 aliphatic rings. The van der Waals surface area contributed by atoms with Crippen molar-refractivity contribution in [1.29, 1.82) is 0 Å². The van der Waals surface area contributed by atoms with Gasteiger partial charge in [-0.15, -0.1) is 0 Å². The fourth-order valence-electron chi connectivity index (χ4n) is 0.228. The van der Waals surface area contributed by atoms with Crippen molar-refractivity contribution in [3.8, 4) is 0 Å². The molecule has 0 saturated heterocycles. The summed E-state index contributed by atoms with van der Waals surface area (Å²) < 4.78 is 1.27. The van der Waals surface area contributed by atoms with Crippen LogP contribution in [0.4, 0.5) is 0 Å². The number of alkyl halides is 1. The lowest BCUT2D eigenvalue weighted by molar-refractivity contribution is 1.20. The molecule has 0 aromatic carbocycles. The molecule has 0 spiro atoms. The van der Waals surface area contributed by atoms with Gasteiger partial charge in [0.1, 0.15) is 0 Å². The molecule has 0 rings (SSSR count). The van der Waals surface area contributed by atoms with Crippen LogP contribution >= 0.6 is 31.9 Å². The van der Waals surface area contributed by atoms with Crippen LogP contribution in [0.25, 0.3) is 0 Å². The summed E-state index contributed by atoms with van der Waals surface area (Å²) in [6, 6.07) is 0. The molecule has 0 saturated carbocycles. The smallest absolute Gasteiger partial charge is 0.0222 e.